The SMILES string of the molecule is [CH2]CC(=O)N1C(=O)CCC1=O. The van der Waals surface area contributed by atoms with Crippen LogP contribution in [0.5, 0.6) is 0 Å². The highest BCUT2D eigenvalue weighted by atomic mass is 16.2. The Labute approximate surface area is 64.2 Å². The summed E-state index contributed by atoms with van der Waals surface area (Å²) in [4.78, 5) is 33.2. The molecule has 11 heavy (non-hydrogen) atoms. The van der Waals surface area contributed by atoms with Crippen molar-refractivity contribution in [1.29, 1.82) is 0 Å². The molecule has 0 N–H and O–H groups in total. The Hall–Kier alpha value is -1.19. The molecule has 0 aromatic heterocycles. The third kappa shape index (κ3) is 1.29. The van der Waals surface area contributed by atoms with Crippen molar-refractivity contribution < 1.29 is 14.4 Å². The molecule has 1 aliphatic rings. The number of rotatable bonds is 1. The van der Waals surface area contributed by atoms with Gasteiger partial charge >= 0.3 is 0 Å². The number of likely N-dealkylation sites (tertiary alicyclic amines) is 1. The number of imide groups is 3. The summed E-state index contributed by atoms with van der Waals surface area (Å²) in [5.41, 5.74) is 0. The Balaban J connectivity index is 2.76. The van der Waals surface area contributed by atoms with E-state index in [0.717, 1.165) is 0 Å². The van der Waals surface area contributed by atoms with Crippen LogP contribution in [0.25, 0.3) is 0 Å². The van der Waals surface area contributed by atoms with Crippen LogP contribution in [-0.2, 0) is 14.4 Å². The average Bonchev–Trinajstić information content (AvgIpc) is 2.30. The fourth-order valence-corrected chi connectivity index (χ4v) is 0.967. The molecule has 3 amide bonds. The van der Waals surface area contributed by atoms with E-state index in [1.807, 2.05) is 0 Å². The fraction of sp³-hybridized carbons (Fsp3) is 0.429. The maximum atomic E-state index is 10.9. The molecule has 4 heteroatoms. The number of carbonyl (C=O) groups is 3. The highest BCUT2D eigenvalue weighted by Gasteiger charge is 2.32. The minimum atomic E-state index is -0.502. The molecule has 1 heterocycles. The Kier molecular flexibility index (Phi) is 2.03. The number of hydrogen-bond acceptors (Lipinski definition) is 3. The Bertz CT molecular complexity index is 206. The topological polar surface area (TPSA) is 54.5 Å². The highest BCUT2D eigenvalue weighted by molar-refractivity contribution is 6.15. The molecule has 59 valence electrons. The zero-order valence-electron chi connectivity index (χ0n) is 6.00. The van der Waals surface area contributed by atoms with E-state index in [2.05, 4.69) is 6.92 Å². The molecule has 0 aliphatic carbocycles. The Morgan fingerprint density at radius 2 is 1.82 bits per heavy atom. The molecule has 0 saturated carbocycles. The zero-order valence-corrected chi connectivity index (χ0v) is 6.00. The van der Waals surface area contributed by atoms with Crippen molar-refractivity contribution in [2.45, 2.75) is 19.3 Å². The summed E-state index contributed by atoms with van der Waals surface area (Å²) in [5.74, 6) is -1.30. The van der Waals surface area contributed by atoms with Gasteiger partial charge in [-0.25, -0.2) is 4.90 Å². The van der Waals surface area contributed by atoms with Gasteiger partial charge in [0.25, 0.3) is 0 Å². The summed E-state index contributed by atoms with van der Waals surface area (Å²) >= 11 is 0. The van der Waals surface area contributed by atoms with Crippen molar-refractivity contribution in [3.05, 3.63) is 6.92 Å². The van der Waals surface area contributed by atoms with Gasteiger partial charge in [-0.15, -0.1) is 0 Å². The van der Waals surface area contributed by atoms with E-state index in [0.29, 0.717) is 4.90 Å². The number of nitrogens with zero attached hydrogens (tertiary/aromatic N) is 1. The van der Waals surface area contributed by atoms with Crippen molar-refractivity contribution in [3.8, 4) is 0 Å². The third-order valence-electron chi connectivity index (χ3n) is 1.51. The van der Waals surface area contributed by atoms with E-state index in [9.17, 15) is 14.4 Å². The summed E-state index contributed by atoms with van der Waals surface area (Å²) in [6.45, 7) is 3.30. The lowest BCUT2D eigenvalue weighted by Gasteiger charge is -2.08. The van der Waals surface area contributed by atoms with Gasteiger partial charge in [-0.2, -0.15) is 0 Å². The van der Waals surface area contributed by atoms with Crippen LogP contribution in [0.1, 0.15) is 19.3 Å². The Morgan fingerprint density at radius 1 is 1.36 bits per heavy atom. The maximum absolute atomic E-state index is 10.9. The van der Waals surface area contributed by atoms with Gasteiger partial charge in [0.15, 0.2) is 0 Å². The van der Waals surface area contributed by atoms with Crippen LogP contribution in [0.4, 0.5) is 0 Å². The lowest BCUT2D eigenvalue weighted by atomic mass is 10.4. The van der Waals surface area contributed by atoms with Gasteiger partial charge in [0.1, 0.15) is 0 Å². The quantitative estimate of drug-likeness (QED) is 0.495. The normalized spacial score (nSPS) is 17.7. The van der Waals surface area contributed by atoms with Crippen LogP contribution in [0.2, 0.25) is 0 Å². The van der Waals surface area contributed by atoms with E-state index in [-0.39, 0.29) is 19.3 Å². The molecular weight excluding hydrogens is 146 g/mol. The van der Waals surface area contributed by atoms with E-state index in [1.54, 1.807) is 0 Å². The standard InChI is InChI=1S/C7H8NO3/c1-2-5(9)8-6(10)3-4-7(8)11/h1-4H2. The predicted octanol–water partition coefficient (Wildman–Crippen LogP) is -0.114. The first-order chi connectivity index (χ1) is 5.16. The second kappa shape index (κ2) is 2.82. The van der Waals surface area contributed by atoms with Gasteiger partial charge in [0, 0.05) is 19.3 Å². The van der Waals surface area contributed by atoms with Crippen molar-refractivity contribution >= 4 is 17.7 Å². The lowest BCUT2D eigenvalue weighted by Crippen LogP contribution is -2.34. The van der Waals surface area contributed by atoms with Crippen LogP contribution in [0.3, 0.4) is 0 Å². The summed E-state index contributed by atoms with van der Waals surface area (Å²) in [5, 5.41) is 0. The molecule has 0 unspecified atom stereocenters. The van der Waals surface area contributed by atoms with Crippen LogP contribution < -0.4 is 0 Å². The molecule has 0 aromatic rings. The number of amides is 3. The summed E-state index contributed by atoms with van der Waals surface area (Å²) in [6, 6.07) is 0. The van der Waals surface area contributed by atoms with Gasteiger partial charge in [0.05, 0.1) is 0 Å². The minimum Gasteiger partial charge on any atom is -0.274 e. The molecule has 0 bridgehead atoms. The molecule has 1 rings (SSSR count). The summed E-state index contributed by atoms with van der Waals surface area (Å²) in [7, 11) is 0. The van der Waals surface area contributed by atoms with E-state index in [1.165, 1.54) is 0 Å². The monoisotopic (exact) mass is 154 g/mol. The summed E-state index contributed by atoms with van der Waals surface area (Å²) < 4.78 is 0. The lowest BCUT2D eigenvalue weighted by molar-refractivity contribution is -0.148. The summed E-state index contributed by atoms with van der Waals surface area (Å²) in [6.07, 6.45) is 0.270. The van der Waals surface area contributed by atoms with Gasteiger partial charge in [-0.05, 0) is 6.92 Å². The average molecular weight is 154 g/mol. The molecule has 1 radical (unpaired) electrons. The molecule has 0 spiro atoms. The van der Waals surface area contributed by atoms with Crippen molar-refractivity contribution in [2.24, 2.45) is 0 Å². The Morgan fingerprint density at radius 3 is 2.18 bits per heavy atom. The van der Waals surface area contributed by atoms with Crippen LogP contribution >= 0.6 is 0 Å². The van der Waals surface area contributed by atoms with E-state index in [4.69, 9.17) is 0 Å². The number of hydrogen-bond donors (Lipinski definition) is 0. The molecule has 0 aromatic carbocycles. The third-order valence-corrected chi connectivity index (χ3v) is 1.51. The number of carbonyl (C=O) groups excluding carboxylic acids is 3. The first kappa shape index (κ1) is 7.91. The second-order valence-electron chi connectivity index (χ2n) is 2.27. The highest BCUT2D eigenvalue weighted by Crippen LogP contribution is 2.12. The van der Waals surface area contributed by atoms with Crippen molar-refractivity contribution in [1.82, 2.24) is 4.90 Å². The van der Waals surface area contributed by atoms with Gasteiger partial charge in [-0.3, -0.25) is 14.4 Å². The van der Waals surface area contributed by atoms with Crippen molar-refractivity contribution in [3.63, 3.8) is 0 Å². The zero-order chi connectivity index (χ0) is 8.43. The van der Waals surface area contributed by atoms with E-state index < -0.39 is 17.7 Å². The van der Waals surface area contributed by atoms with Crippen molar-refractivity contribution in [2.75, 3.05) is 0 Å². The van der Waals surface area contributed by atoms with Gasteiger partial charge < -0.3 is 0 Å². The molecular formula is C7H8NO3. The molecule has 0 atom stereocenters. The molecule has 1 saturated heterocycles. The van der Waals surface area contributed by atoms with Crippen LogP contribution in [-0.4, -0.2) is 22.6 Å². The van der Waals surface area contributed by atoms with Crippen LogP contribution in [0, 0.1) is 6.92 Å². The van der Waals surface area contributed by atoms with Gasteiger partial charge in [-0.1, -0.05) is 0 Å². The molecule has 1 aliphatic heterocycles. The smallest absolute Gasteiger partial charge is 0.236 e. The molecule has 4 nitrogen and oxygen atoms in total. The minimum absolute atomic E-state index is 0.0442. The first-order valence-corrected chi connectivity index (χ1v) is 3.34. The van der Waals surface area contributed by atoms with E-state index >= 15 is 0 Å². The van der Waals surface area contributed by atoms with Crippen LogP contribution in [0.15, 0.2) is 0 Å². The predicted molar refractivity (Wildman–Crippen MR) is 36.1 cm³/mol. The molecule has 1 fully saturated rings. The largest absolute Gasteiger partial charge is 0.274 e. The fourth-order valence-electron chi connectivity index (χ4n) is 0.967. The second-order valence-corrected chi connectivity index (χ2v) is 2.27. The maximum Gasteiger partial charge on any atom is 0.236 e. The first-order valence-electron chi connectivity index (χ1n) is 3.34. The van der Waals surface area contributed by atoms with Gasteiger partial charge in [0.2, 0.25) is 17.7 Å².